The first kappa shape index (κ1) is 15.8. The standard InChI is InChI=1S/C21H21NO3/c1-13-17-12-15(24-2)10-11-19(17)25-20(13)21(23)22-18-9-5-7-14-6-3-4-8-16(14)18/h3-4,6,8,10-12,18H,5,7,9H2,1-2H3,(H,22,23). The summed E-state index contributed by atoms with van der Waals surface area (Å²) < 4.78 is 11.1. The van der Waals surface area contributed by atoms with Crippen molar-refractivity contribution in [2.45, 2.75) is 32.2 Å². The normalized spacial score (nSPS) is 16.5. The van der Waals surface area contributed by atoms with Crippen LogP contribution >= 0.6 is 0 Å². The van der Waals surface area contributed by atoms with Gasteiger partial charge in [-0.25, -0.2) is 0 Å². The third kappa shape index (κ3) is 2.78. The molecule has 1 aliphatic rings. The molecule has 2 aromatic carbocycles. The molecule has 4 heteroatoms. The first-order valence-corrected chi connectivity index (χ1v) is 8.63. The summed E-state index contributed by atoms with van der Waals surface area (Å²) in [4.78, 5) is 12.8. The van der Waals surface area contributed by atoms with E-state index in [0.29, 0.717) is 11.3 Å². The Balaban J connectivity index is 1.64. The van der Waals surface area contributed by atoms with Crippen LogP contribution in [0.25, 0.3) is 11.0 Å². The number of furan rings is 1. The lowest BCUT2D eigenvalue weighted by atomic mass is 9.87. The quantitative estimate of drug-likeness (QED) is 0.763. The van der Waals surface area contributed by atoms with Crippen LogP contribution in [0.4, 0.5) is 0 Å². The van der Waals surface area contributed by atoms with Gasteiger partial charge in [0.1, 0.15) is 11.3 Å². The topological polar surface area (TPSA) is 51.5 Å². The molecule has 128 valence electrons. The van der Waals surface area contributed by atoms with Crippen molar-refractivity contribution in [3.63, 3.8) is 0 Å². The average Bonchev–Trinajstić information content (AvgIpc) is 2.98. The van der Waals surface area contributed by atoms with Gasteiger partial charge in [0.25, 0.3) is 5.91 Å². The summed E-state index contributed by atoms with van der Waals surface area (Å²) in [5, 5.41) is 4.07. The van der Waals surface area contributed by atoms with Crippen LogP contribution in [0.1, 0.15) is 46.1 Å². The summed E-state index contributed by atoms with van der Waals surface area (Å²) in [5.74, 6) is 0.977. The fourth-order valence-electron chi connectivity index (χ4n) is 3.67. The summed E-state index contributed by atoms with van der Waals surface area (Å²) >= 11 is 0. The minimum atomic E-state index is -0.158. The lowest BCUT2D eigenvalue weighted by Gasteiger charge is -2.26. The minimum absolute atomic E-state index is 0.0413. The number of amides is 1. The predicted molar refractivity (Wildman–Crippen MR) is 97.1 cm³/mol. The highest BCUT2D eigenvalue weighted by atomic mass is 16.5. The lowest BCUT2D eigenvalue weighted by Crippen LogP contribution is -2.31. The summed E-state index contributed by atoms with van der Waals surface area (Å²) in [6, 6.07) is 14.0. The number of rotatable bonds is 3. The molecule has 1 atom stereocenters. The van der Waals surface area contributed by atoms with Crippen LogP contribution < -0.4 is 10.1 Å². The van der Waals surface area contributed by atoms with Crippen molar-refractivity contribution < 1.29 is 13.9 Å². The molecule has 1 amide bonds. The minimum Gasteiger partial charge on any atom is -0.497 e. The van der Waals surface area contributed by atoms with Crippen LogP contribution in [0.5, 0.6) is 5.75 Å². The number of hydrogen-bond donors (Lipinski definition) is 1. The molecule has 1 unspecified atom stereocenters. The highest BCUT2D eigenvalue weighted by Crippen LogP contribution is 2.32. The van der Waals surface area contributed by atoms with E-state index in [1.807, 2.05) is 31.2 Å². The molecule has 1 heterocycles. The van der Waals surface area contributed by atoms with Gasteiger partial charge in [-0.2, -0.15) is 0 Å². The van der Waals surface area contributed by atoms with Crippen molar-refractivity contribution in [2.24, 2.45) is 0 Å². The van der Waals surface area contributed by atoms with Crippen LogP contribution in [0.3, 0.4) is 0 Å². The molecule has 0 saturated heterocycles. The van der Waals surface area contributed by atoms with Gasteiger partial charge in [-0.1, -0.05) is 24.3 Å². The number of carbonyl (C=O) groups excluding carboxylic acids is 1. The molecule has 1 N–H and O–H groups in total. The Morgan fingerprint density at radius 1 is 1.24 bits per heavy atom. The zero-order chi connectivity index (χ0) is 17.4. The van der Waals surface area contributed by atoms with Crippen LogP contribution in [0, 0.1) is 6.92 Å². The zero-order valence-corrected chi connectivity index (χ0v) is 14.5. The second-order valence-corrected chi connectivity index (χ2v) is 6.54. The second kappa shape index (κ2) is 6.28. The van der Waals surface area contributed by atoms with E-state index in [9.17, 15) is 4.79 Å². The molecule has 4 nitrogen and oxygen atoms in total. The molecule has 1 aromatic heterocycles. The number of methoxy groups -OCH3 is 1. The number of ether oxygens (including phenoxy) is 1. The van der Waals surface area contributed by atoms with E-state index in [1.165, 1.54) is 11.1 Å². The molecule has 0 bridgehead atoms. The summed E-state index contributed by atoms with van der Waals surface area (Å²) in [6.45, 7) is 1.91. The third-order valence-corrected chi connectivity index (χ3v) is 5.02. The van der Waals surface area contributed by atoms with Crippen molar-refractivity contribution in [3.8, 4) is 5.75 Å². The van der Waals surface area contributed by atoms with Crippen LogP contribution in [-0.2, 0) is 6.42 Å². The Bertz CT molecular complexity index is 941. The molecule has 0 aliphatic heterocycles. The molecule has 0 fully saturated rings. The molecule has 25 heavy (non-hydrogen) atoms. The second-order valence-electron chi connectivity index (χ2n) is 6.54. The Morgan fingerprint density at radius 3 is 2.92 bits per heavy atom. The van der Waals surface area contributed by atoms with Gasteiger partial charge in [-0.05, 0) is 55.5 Å². The zero-order valence-electron chi connectivity index (χ0n) is 14.5. The van der Waals surface area contributed by atoms with Gasteiger partial charge in [0, 0.05) is 10.9 Å². The predicted octanol–water partition coefficient (Wildman–Crippen LogP) is 4.56. The van der Waals surface area contributed by atoms with Crippen LogP contribution in [-0.4, -0.2) is 13.0 Å². The Kier molecular flexibility index (Phi) is 3.96. The van der Waals surface area contributed by atoms with E-state index in [2.05, 4.69) is 23.5 Å². The van der Waals surface area contributed by atoms with Crippen LogP contribution in [0.2, 0.25) is 0 Å². The summed E-state index contributed by atoms with van der Waals surface area (Å²) in [6.07, 6.45) is 3.11. The lowest BCUT2D eigenvalue weighted by molar-refractivity contribution is 0.0906. The maximum absolute atomic E-state index is 12.8. The number of nitrogens with one attached hydrogen (secondary N) is 1. The third-order valence-electron chi connectivity index (χ3n) is 5.02. The Morgan fingerprint density at radius 2 is 2.08 bits per heavy atom. The van der Waals surface area contributed by atoms with Gasteiger partial charge in [-0.15, -0.1) is 0 Å². The number of fused-ring (bicyclic) bond motifs is 2. The first-order valence-electron chi connectivity index (χ1n) is 8.63. The molecule has 3 aromatic rings. The molecular formula is C21H21NO3. The smallest absolute Gasteiger partial charge is 0.287 e. The van der Waals surface area contributed by atoms with E-state index in [0.717, 1.165) is 36.0 Å². The largest absolute Gasteiger partial charge is 0.497 e. The first-order chi connectivity index (χ1) is 12.2. The van der Waals surface area contributed by atoms with Crippen molar-refractivity contribution in [1.29, 1.82) is 0 Å². The molecule has 0 radical (unpaired) electrons. The van der Waals surface area contributed by atoms with Gasteiger partial charge in [0.2, 0.25) is 0 Å². The fraction of sp³-hybridized carbons (Fsp3) is 0.286. The van der Waals surface area contributed by atoms with Crippen molar-refractivity contribution in [1.82, 2.24) is 5.32 Å². The van der Waals surface area contributed by atoms with Gasteiger partial charge in [0.15, 0.2) is 5.76 Å². The van der Waals surface area contributed by atoms with E-state index >= 15 is 0 Å². The van der Waals surface area contributed by atoms with Gasteiger partial charge < -0.3 is 14.5 Å². The highest BCUT2D eigenvalue weighted by Gasteiger charge is 2.25. The maximum Gasteiger partial charge on any atom is 0.287 e. The number of hydrogen-bond acceptors (Lipinski definition) is 3. The maximum atomic E-state index is 12.8. The molecular weight excluding hydrogens is 314 g/mol. The fourth-order valence-corrected chi connectivity index (χ4v) is 3.67. The molecule has 0 saturated carbocycles. The molecule has 4 rings (SSSR count). The van der Waals surface area contributed by atoms with E-state index in [-0.39, 0.29) is 11.9 Å². The van der Waals surface area contributed by atoms with Crippen LogP contribution in [0.15, 0.2) is 46.9 Å². The van der Waals surface area contributed by atoms with E-state index in [1.54, 1.807) is 7.11 Å². The van der Waals surface area contributed by atoms with E-state index < -0.39 is 0 Å². The summed E-state index contributed by atoms with van der Waals surface area (Å²) in [5.41, 5.74) is 4.09. The molecule has 0 spiro atoms. The van der Waals surface area contributed by atoms with Gasteiger partial charge in [0.05, 0.1) is 13.2 Å². The average molecular weight is 335 g/mol. The van der Waals surface area contributed by atoms with Crippen molar-refractivity contribution >= 4 is 16.9 Å². The Hall–Kier alpha value is -2.75. The Labute approximate surface area is 146 Å². The highest BCUT2D eigenvalue weighted by molar-refractivity contribution is 5.99. The van der Waals surface area contributed by atoms with Gasteiger partial charge >= 0.3 is 0 Å². The van der Waals surface area contributed by atoms with Crippen molar-refractivity contribution in [2.75, 3.05) is 7.11 Å². The summed E-state index contributed by atoms with van der Waals surface area (Å²) in [7, 11) is 1.63. The number of aryl methyl sites for hydroxylation is 2. The number of benzene rings is 2. The van der Waals surface area contributed by atoms with Crippen molar-refractivity contribution in [3.05, 3.63) is 64.9 Å². The van der Waals surface area contributed by atoms with E-state index in [4.69, 9.17) is 9.15 Å². The molecule has 1 aliphatic carbocycles. The van der Waals surface area contributed by atoms with Gasteiger partial charge in [-0.3, -0.25) is 4.79 Å². The monoisotopic (exact) mass is 335 g/mol. The SMILES string of the molecule is COc1ccc2oc(C(=O)NC3CCCc4ccccc43)c(C)c2c1. The number of carbonyl (C=O) groups is 1.